The second-order valence-electron chi connectivity index (χ2n) is 4.62. The average Bonchev–Trinajstić information content (AvgIpc) is 2.16. The number of nitrogens with two attached hydrogens (primary N) is 1. The van der Waals surface area contributed by atoms with Crippen molar-refractivity contribution in [2.45, 2.75) is 51.7 Å². The molecule has 2 atom stereocenters. The molecule has 0 aromatic rings. The lowest BCUT2D eigenvalue weighted by atomic mass is 9.76. The molecule has 3 nitrogen and oxygen atoms in total. The fourth-order valence-electron chi connectivity index (χ4n) is 2.37. The maximum absolute atomic E-state index is 9.94. The molecule has 3 heteroatoms. The third-order valence-electron chi connectivity index (χ3n) is 3.54. The van der Waals surface area contributed by atoms with Crippen molar-refractivity contribution in [3.8, 4) is 0 Å². The second kappa shape index (κ2) is 6.46. The van der Waals surface area contributed by atoms with Crippen molar-refractivity contribution in [2.75, 3.05) is 13.2 Å². The van der Waals surface area contributed by atoms with Gasteiger partial charge in [0.05, 0.1) is 12.2 Å². The number of ether oxygens (including phenoxy) is 1. The highest BCUT2D eigenvalue weighted by molar-refractivity contribution is 4.83. The van der Waals surface area contributed by atoms with E-state index in [4.69, 9.17) is 10.5 Å². The van der Waals surface area contributed by atoms with Crippen LogP contribution in [0.5, 0.6) is 0 Å². The molecule has 1 aliphatic rings. The molecule has 1 saturated carbocycles. The molecule has 0 spiro atoms. The summed E-state index contributed by atoms with van der Waals surface area (Å²) in [5, 5.41) is 9.94. The molecule has 0 aliphatic heterocycles. The Kier molecular flexibility index (Phi) is 5.58. The predicted molar refractivity (Wildman–Crippen MR) is 61.6 cm³/mol. The summed E-state index contributed by atoms with van der Waals surface area (Å²) in [5.41, 5.74) is 5.61. The fraction of sp³-hybridized carbons (Fsp3) is 1.00. The second-order valence-corrected chi connectivity index (χ2v) is 4.62. The molecule has 3 N–H and O–H groups in total. The Hall–Kier alpha value is -0.120. The lowest BCUT2D eigenvalue weighted by Crippen LogP contribution is -2.36. The zero-order valence-corrected chi connectivity index (χ0v) is 9.98. The Morgan fingerprint density at radius 1 is 1.40 bits per heavy atom. The van der Waals surface area contributed by atoms with Crippen LogP contribution in [0.2, 0.25) is 0 Å². The van der Waals surface area contributed by atoms with Crippen LogP contribution in [0.15, 0.2) is 0 Å². The van der Waals surface area contributed by atoms with E-state index in [-0.39, 0.29) is 12.0 Å². The van der Waals surface area contributed by atoms with E-state index in [1.54, 1.807) is 0 Å². The Bertz CT molecular complexity index is 165. The van der Waals surface area contributed by atoms with Crippen LogP contribution in [0.1, 0.15) is 39.5 Å². The first kappa shape index (κ1) is 12.9. The van der Waals surface area contributed by atoms with Gasteiger partial charge in [-0.3, -0.25) is 0 Å². The molecule has 0 bridgehead atoms. The minimum absolute atomic E-state index is 0.215. The highest BCUT2D eigenvalue weighted by Gasteiger charge is 2.32. The van der Waals surface area contributed by atoms with E-state index < -0.39 is 0 Å². The van der Waals surface area contributed by atoms with Crippen molar-refractivity contribution in [3.05, 3.63) is 0 Å². The molecule has 1 rings (SSSR count). The Morgan fingerprint density at radius 2 is 2.07 bits per heavy atom. The fourth-order valence-corrected chi connectivity index (χ4v) is 2.37. The molecule has 0 amide bonds. The number of aliphatic hydroxyl groups is 1. The van der Waals surface area contributed by atoms with Gasteiger partial charge in [0.25, 0.3) is 0 Å². The molecular formula is C12H25NO2. The summed E-state index contributed by atoms with van der Waals surface area (Å²) in [6.45, 7) is 5.52. The van der Waals surface area contributed by atoms with Crippen molar-refractivity contribution in [1.29, 1.82) is 0 Å². The molecule has 15 heavy (non-hydrogen) atoms. The van der Waals surface area contributed by atoms with E-state index in [0.29, 0.717) is 18.6 Å². The SMILES string of the molecule is CCOC1CC(CC(O)C(CC)CN)C1. The largest absolute Gasteiger partial charge is 0.393 e. The zero-order valence-electron chi connectivity index (χ0n) is 9.98. The quantitative estimate of drug-likeness (QED) is 0.677. The maximum atomic E-state index is 9.94. The van der Waals surface area contributed by atoms with Gasteiger partial charge in [0.2, 0.25) is 0 Å². The van der Waals surface area contributed by atoms with Gasteiger partial charge in [-0.15, -0.1) is 0 Å². The summed E-state index contributed by atoms with van der Waals surface area (Å²) >= 11 is 0. The van der Waals surface area contributed by atoms with Crippen molar-refractivity contribution in [3.63, 3.8) is 0 Å². The summed E-state index contributed by atoms with van der Waals surface area (Å²) in [4.78, 5) is 0. The van der Waals surface area contributed by atoms with Gasteiger partial charge < -0.3 is 15.6 Å². The van der Waals surface area contributed by atoms with E-state index in [1.807, 2.05) is 6.92 Å². The van der Waals surface area contributed by atoms with E-state index >= 15 is 0 Å². The minimum atomic E-state index is -0.215. The van der Waals surface area contributed by atoms with Crippen LogP contribution in [0, 0.1) is 11.8 Å². The van der Waals surface area contributed by atoms with Crippen LogP contribution in [0.25, 0.3) is 0 Å². The first-order chi connectivity index (χ1) is 7.21. The van der Waals surface area contributed by atoms with Gasteiger partial charge in [-0.1, -0.05) is 6.92 Å². The molecule has 90 valence electrons. The summed E-state index contributed by atoms with van der Waals surface area (Å²) in [6.07, 6.45) is 4.34. The predicted octanol–water partition coefficient (Wildman–Crippen LogP) is 1.54. The summed E-state index contributed by atoms with van der Waals surface area (Å²) in [6, 6.07) is 0. The molecule has 0 aromatic heterocycles. The highest BCUT2D eigenvalue weighted by atomic mass is 16.5. The highest BCUT2D eigenvalue weighted by Crippen LogP contribution is 2.34. The van der Waals surface area contributed by atoms with E-state index in [9.17, 15) is 5.11 Å². The van der Waals surface area contributed by atoms with Gasteiger partial charge in [-0.05, 0) is 51.0 Å². The van der Waals surface area contributed by atoms with Crippen LogP contribution in [0.4, 0.5) is 0 Å². The Morgan fingerprint density at radius 3 is 2.53 bits per heavy atom. The van der Waals surface area contributed by atoms with E-state index in [1.165, 1.54) is 0 Å². The van der Waals surface area contributed by atoms with Gasteiger partial charge in [0.15, 0.2) is 0 Å². The van der Waals surface area contributed by atoms with Crippen LogP contribution >= 0.6 is 0 Å². The number of hydrogen-bond donors (Lipinski definition) is 2. The first-order valence-corrected chi connectivity index (χ1v) is 6.20. The van der Waals surface area contributed by atoms with E-state index in [2.05, 4.69) is 6.92 Å². The Labute approximate surface area is 93.0 Å². The van der Waals surface area contributed by atoms with Crippen LogP contribution in [0.3, 0.4) is 0 Å². The monoisotopic (exact) mass is 215 g/mol. The third kappa shape index (κ3) is 3.74. The van der Waals surface area contributed by atoms with Crippen molar-refractivity contribution < 1.29 is 9.84 Å². The van der Waals surface area contributed by atoms with Gasteiger partial charge in [0, 0.05) is 6.61 Å². The number of aliphatic hydroxyl groups excluding tert-OH is 1. The average molecular weight is 215 g/mol. The van der Waals surface area contributed by atoms with Gasteiger partial charge in [0.1, 0.15) is 0 Å². The minimum Gasteiger partial charge on any atom is -0.393 e. The molecule has 0 saturated heterocycles. The lowest BCUT2D eigenvalue weighted by Gasteiger charge is -2.37. The van der Waals surface area contributed by atoms with Crippen molar-refractivity contribution in [2.24, 2.45) is 17.6 Å². The maximum Gasteiger partial charge on any atom is 0.0583 e. The summed E-state index contributed by atoms with van der Waals surface area (Å²) in [5.74, 6) is 0.924. The molecule has 1 aliphatic carbocycles. The van der Waals surface area contributed by atoms with Crippen LogP contribution in [-0.2, 0) is 4.74 Å². The van der Waals surface area contributed by atoms with Crippen molar-refractivity contribution >= 4 is 0 Å². The molecular weight excluding hydrogens is 190 g/mol. The molecule has 2 unspecified atom stereocenters. The molecule has 1 fully saturated rings. The molecule has 0 aromatic carbocycles. The van der Waals surface area contributed by atoms with Gasteiger partial charge >= 0.3 is 0 Å². The van der Waals surface area contributed by atoms with Crippen LogP contribution in [-0.4, -0.2) is 30.5 Å². The standard InChI is InChI=1S/C12H25NO2/c1-3-10(8-13)12(14)7-9-5-11(6-9)15-4-2/h9-12,14H,3-8,13H2,1-2H3. The van der Waals surface area contributed by atoms with Crippen molar-refractivity contribution in [1.82, 2.24) is 0 Å². The summed E-state index contributed by atoms with van der Waals surface area (Å²) < 4.78 is 5.50. The smallest absolute Gasteiger partial charge is 0.0583 e. The lowest BCUT2D eigenvalue weighted by molar-refractivity contribution is -0.0433. The summed E-state index contributed by atoms with van der Waals surface area (Å²) in [7, 11) is 0. The van der Waals surface area contributed by atoms with E-state index in [0.717, 1.165) is 32.3 Å². The number of hydrogen-bond acceptors (Lipinski definition) is 3. The molecule has 0 heterocycles. The zero-order chi connectivity index (χ0) is 11.3. The third-order valence-corrected chi connectivity index (χ3v) is 3.54. The van der Waals surface area contributed by atoms with Crippen LogP contribution < -0.4 is 5.73 Å². The normalized spacial score (nSPS) is 29.6. The van der Waals surface area contributed by atoms with Gasteiger partial charge in [-0.25, -0.2) is 0 Å². The number of rotatable bonds is 7. The topological polar surface area (TPSA) is 55.5 Å². The first-order valence-electron chi connectivity index (χ1n) is 6.20. The van der Waals surface area contributed by atoms with Gasteiger partial charge in [-0.2, -0.15) is 0 Å². The molecule has 0 radical (unpaired) electrons. The Balaban J connectivity index is 2.15.